The van der Waals surface area contributed by atoms with Gasteiger partial charge in [0.1, 0.15) is 5.82 Å². The molecule has 0 spiro atoms. The molecule has 4 nitrogen and oxygen atoms in total. The maximum absolute atomic E-state index is 13.0. The quantitative estimate of drug-likeness (QED) is 0.888. The number of nitrogens with two attached hydrogens (primary N) is 1. The second-order valence-electron chi connectivity index (χ2n) is 6.25. The Morgan fingerprint density at radius 3 is 2.45 bits per heavy atom. The third-order valence-electron chi connectivity index (χ3n) is 3.47. The molecule has 22 heavy (non-hydrogen) atoms. The van der Waals surface area contributed by atoms with Crippen molar-refractivity contribution in [2.45, 2.75) is 20.4 Å². The third-order valence-corrected chi connectivity index (χ3v) is 3.47. The molecular weight excluding hydrogens is 303 g/mol. The van der Waals surface area contributed by atoms with Gasteiger partial charge in [-0.15, -0.1) is 12.4 Å². The highest BCUT2D eigenvalue weighted by atomic mass is 35.5. The number of halogens is 2. The summed E-state index contributed by atoms with van der Waals surface area (Å²) in [7, 11) is 2.07. The Bertz CT molecular complexity index is 580. The molecule has 0 amide bonds. The van der Waals surface area contributed by atoms with E-state index in [4.69, 9.17) is 5.73 Å². The zero-order valence-electron chi connectivity index (χ0n) is 13.3. The molecule has 0 radical (unpaired) electrons. The summed E-state index contributed by atoms with van der Waals surface area (Å²) in [6, 6.07) is 8.34. The first-order chi connectivity index (χ1) is 9.91. The van der Waals surface area contributed by atoms with Crippen molar-refractivity contribution in [3.8, 4) is 5.69 Å². The molecule has 1 aromatic carbocycles. The van der Waals surface area contributed by atoms with Gasteiger partial charge >= 0.3 is 0 Å². The van der Waals surface area contributed by atoms with Crippen molar-refractivity contribution >= 4 is 12.4 Å². The molecule has 1 aromatic heterocycles. The van der Waals surface area contributed by atoms with Crippen molar-refractivity contribution in [3.05, 3.63) is 48.0 Å². The summed E-state index contributed by atoms with van der Waals surface area (Å²) in [6.45, 7) is 6.62. The van der Waals surface area contributed by atoms with Crippen LogP contribution in [0.25, 0.3) is 5.69 Å². The largest absolute Gasteiger partial charge is 0.330 e. The second-order valence-corrected chi connectivity index (χ2v) is 6.25. The first-order valence-electron chi connectivity index (χ1n) is 7.09. The number of hydrogen-bond donors (Lipinski definition) is 1. The van der Waals surface area contributed by atoms with Crippen LogP contribution in [0.4, 0.5) is 4.39 Å². The van der Waals surface area contributed by atoms with Crippen LogP contribution in [0.5, 0.6) is 0 Å². The fraction of sp³-hybridized carbons (Fsp3) is 0.438. The minimum absolute atomic E-state index is 0. The maximum Gasteiger partial charge on any atom is 0.123 e. The van der Waals surface area contributed by atoms with E-state index in [2.05, 4.69) is 30.9 Å². The molecule has 0 unspecified atom stereocenters. The van der Waals surface area contributed by atoms with Crippen molar-refractivity contribution < 1.29 is 4.39 Å². The van der Waals surface area contributed by atoms with Gasteiger partial charge < -0.3 is 5.73 Å². The van der Waals surface area contributed by atoms with Crippen LogP contribution < -0.4 is 5.73 Å². The third kappa shape index (κ3) is 4.80. The van der Waals surface area contributed by atoms with Crippen LogP contribution in [0.3, 0.4) is 0 Å². The molecular formula is C16H24ClFN4. The molecule has 0 aliphatic heterocycles. The first kappa shape index (κ1) is 18.6. The van der Waals surface area contributed by atoms with Crippen molar-refractivity contribution in [2.24, 2.45) is 11.1 Å². The zero-order valence-corrected chi connectivity index (χ0v) is 14.1. The lowest BCUT2D eigenvalue weighted by atomic mass is 9.93. The lowest BCUT2D eigenvalue weighted by Crippen LogP contribution is -2.36. The standard InChI is InChI=1S/C16H23FN4.ClH/c1-16(2,11-18)12-20(3)10-15-8-9-19-21(15)14-6-4-13(17)5-7-14;/h4-9H,10-12,18H2,1-3H3;1H. The smallest absolute Gasteiger partial charge is 0.123 e. The van der Waals surface area contributed by atoms with Gasteiger partial charge in [-0.1, -0.05) is 13.8 Å². The van der Waals surface area contributed by atoms with Crippen molar-refractivity contribution in [1.29, 1.82) is 0 Å². The van der Waals surface area contributed by atoms with E-state index in [9.17, 15) is 4.39 Å². The van der Waals surface area contributed by atoms with Gasteiger partial charge in [0.25, 0.3) is 0 Å². The average Bonchev–Trinajstić information content (AvgIpc) is 2.87. The van der Waals surface area contributed by atoms with Crippen LogP contribution in [-0.2, 0) is 6.54 Å². The number of aromatic nitrogens is 2. The predicted octanol–water partition coefficient (Wildman–Crippen LogP) is 2.85. The summed E-state index contributed by atoms with van der Waals surface area (Å²) in [6.07, 6.45) is 1.76. The summed E-state index contributed by atoms with van der Waals surface area (Å²) < 4.78 is 14.9. The average molecular weight is 327 g/mol. The number of rotatable bonds is 6. The van der Waals surface area contributed by atoms with E-state index in [1.54, 1.807) is 18.3 Å². The summed E-state index contributed by atoms with van der Waals surface area (Å²) >= 11 is 0. The molecule has 0 fully saturated rings. The Balaban J connectivity index is 0.00000242. The van der Waals surface area contributed by atoms with Crippen LogP contribution in [0.15, 0.2) is 36.5 Å². The van der Waals surface area contributed by atoms with Gasteiger partial charge in [-0.25, -0.2) is 9.07 Å². The molecule has 0 atom stereocenters. The Labute approximate surface area is 137 Å². The zero-order chi connectivity index (χ0) is 15.5. The fourth-order valence-corrected chi connectivity index (χ4v) is 2.39. The van der Waals surface area contributed by atoms with Gasteiger partial charge in [-0.05, 0) is 49.3 Å². The van der Waals surface area contributed by atoms with Gasteiger partial charge in [-0.2, -0.15) is 5.10 Å². The molecule has 2 aromatic rings. The van der Waals surface area contributed by atoms with E-state index < -0.39 is 0 Å². The monoisotopic (exact) mass is 326 g/mol. The molecule has 0 saturated carbocycles. The van der Waals surface area contributed by atoms with E-state index >= 15 is 0 Å². The van der Waals surface area contributed by atoms with Crippen molar-refractivity contribution in [3.63, 3.8) is 0 Å². The Kier molecular flexibility index (Phi) is 6.53. The SMILES string of the molecule is CN(Cc1ccnn1-c1ccc(F)cc1)CC(C)(C)CN.Cl. The number of nitrogens with zero attached hydrogens (tertiary/aromatic N) is 3. The van der Waals surface area contributed by atoms with Crippen LogP contribution in [-0.4, -0.2) is 34.8 Å². The highest BCUT2D eigenvalue weighted by molar-refractivity contribution is 5.85. The molecule has 0 aliphatic rings. The Hall–Kier alpha value is -1.43. The lowest BCUT2D eigenvalue weighted by molar-refractivity contribution is 0.207. The molecule has 2 rings (SSSR count). The van der Waals surface area contributed by atoms with Crippen LogP contribution in [0.1, 0.15) is 19.5 Å². The van der Waals surface area contributed by atoms with Gasteiger partial charge in [0.15, 0.2) is 0 Å². The topological polar surface area (TPSA) is 47.1 Å². The van der Waals surface area contributed by atoms with Crippen molar-refractivity contribution in [1.82, 2.24) is 14.7 Å². The number of hydrogen-bond acceptors (Lipinski definition) is 3. The highest BCUT2D eigenvalue weighted by Gasteiger charge is 2.19. The minimum atomic E-state index is -0.241. The van der Waals surface area contributed by atoms with E-state index in [1.165, 1.54) is 12.1 Å². The van der Waals surface area contributed by atoms with Crippen LogP contribution >= 0.6 is 12.4 Å². The minimum Gasteiger partial charge on any atom is -0.330 e. The van der Waals surface area contributed by atoms with Gasteiger partial charge in [0.05, 0.1) is 11.4 Å². The second kappa shape index (κ2) is 7.72. The van der Waals surface area contributed by atoms with Gasteiger partial charge in [0.2, 0.25) is 0 Å². The molecule has 122 valence electrons. The maximum atomic E-state index is 13.0. The number of benzene rings is 1. The molecule has 1 heterocycles. The summed E-state index contributed by atoms with van der Waals surface area (Å²) in [5.41, 5.74) is 7.79. The highest BCUT2D eigenvalue weighted by Crippen LogP contribution is 2.17. The van der Waals surface area contributed by atoms with Crippen molar-refractivity contribution in [2.75, 3.05) is 20.1 Å². The molecule has 6 heteroatoms. The predicted molar refractivity (Wildman–Crippen MR) is 89.9 cm³/mol. The summed E-state index contributed by atoms with van der Waals surface area (Å²) in [5.74, 6) is -0.241. The molecule has 0 saturated heterocycles. The van der Waals surface area contributed by atoms with Crippen LogP contribution in [0, 0.1) is 11.2 Å². The molecule has 2 N–H and O–H groups in total. The van der Waals surface area contributed by atoms with E-state index in [0.29, 0.717) is 6.54 Å². The Morgan fingerprint density at radius 1 is 1.23 bits per heavy atom. The summed E-state index contributed by atoms with van der Waals surface area (Å²) in [5, 5.41) is 4.33. The van der Waals surface area contributed by atoms with Gasteiger partial charge in [-0.3, -0.25) is 4.90 Å². The van der Waals surface area contributed by atoms with E-state index in [0.717, 1.165) is 24.5 Å². The normalized spacial score (nSPS) is 11.5. The fourth-order valence-electron chi connectivity index (χ4n) is 2.39. The summed E-state index contributed by atoms with van der Waals surface area (Å²) in [4.78, 5) is 2.23. The molecule has 0 aliphatic carbocycles. The lowest BCUT2D eigenvalue weighted by Gasteiger charge is -2.29. The van der Waals surface area contributed by atoms with Gasteiger partial charge in [0, 0.05) is 19.3 Å². The Morgan fingerprint density at radius 2 is 1.86 bits per heavy atom. The first-order valence-corrected chi connectivity index (χ1v) is 7.09. The van der Waals surface area contributed by atoms with E-state index in [-0.39, 0.29) is 23.6 Å². The van der Waals surface area contributed by atoms with Crippen LogP contribution in [0.2, 0.25) is 0 Å². The van der Waals surface area contributed by atoms with E-state index in [1.807, 2.05) is 10.7 Å². The molecule has 0 bridgehead atoms.